The van der Waals surface area contributed by atoms with Crippen molar-refractivity contribution in [2.24, 2.45) is 0 Å². The first kappa shape index (κ1) is 11.1. The largest absolute Gasteiger partial charge is 0.461 e. The molecule has 2 aromatic heterocycles. The highest BCUT2D eigenvalue weighted by Gasteiger charge is 2.53. The second-order valence-corrected chi connectivity index (χ2v) is 4.50. The first-order chi connectivity index (χ1) is 8.76. The second-order valence-electron chi connectivity index (χ2n) is 4.50. The fourth-order valence-electron chi connectivity index (χ4n) is 2.09. The van der Waals surface area contributed by atoms with Crippen LogP contribution >= 0.6 is 0 Å². The fourth-order valence-corrected chi connectivity index (χ4v) is 2.09. The van der Waals surface area contributed by atoms with E-state index in [2.05, 4.69) is 10.5 Å². The molecule has 3 rings (SSSR count). The summed E-state index contributed by atoms with van der Waals surface area (Å²) in [6, 6.07) is 5.38. The zero-order chi connectivity index (χ0) is 12.6. The lowest BCUT2D eigenvalue weighted by Gasteiger charge is -2.10. The van der Waals surface area contributed by atoms with Crippen LogP contribution in [-0.2, 0) is 10.2 Å². The van der Waals surface area contributed by atoms with Gasteiger partial charge in [0.25, 0.3) is 0 Å². The monoisotopic (exact) mass is 246 g/mol. The van der Waals surface area contributed by atoms with Gasteiger partial charge in [0.15, 0.2) is 5.76 Å². The Kier molecular flexibility index (Phi) is 2.47. The van der Waals surface area contributed by atoms with Crippen LogP contribution in [0.2, 0.25) is 0 Å². The van der Waals surface area contributed by atoms with E-state index >= 15 is 0 Å². The molecule has 1 aliphatic rings. The fraction of sp³-hybridized carbons (Fsp3) is 0.385. The predicted molar refractivity (Wildman–Crippen MR) is 63.8 cm³/mol. The van der Waals surface area contributed by atoms with Crippen LogP contribution < -0.4 is 5.32 Å². The van der Waals surface area contributed by atoms with E-state index in [1.165, 1.54) is 0 Å². The van der Waals surface area contributed by atoms with Crippen molar-refractivity contribution in [2.75, 3.05) is 6.54 Å². The molecular weight excluding hydrogens is 232 g/mol. The summed E-state index contributed by atoms with van der Waals surface area (Å²) in [4.78, 5) is 12.0. The second kappa shape index (κ2) is 4.01. The molecule has 0 saturated heterocycles. The van der Waals surface area contributed by atoms with Crippen LogP contribution in [0.15, 0.2) is 33.4 Å². The summed E-state index contributed by atoms with van der Waals surface area (Å²) in [5, 5.41) is 6.86. The van der Waals surface area contributed by atoms with Gasteiger partial charge in [-0.05, 0) is 31.9 Å². The Hall–Kier alpha value is -2.04. The van der Waals surface area contributed by atoms with Crippen LogP contribution in [0.5, 0.6) is 0 Å². The van der Waals surface area contributed by atoms with E-state index in [0.717, 1.165) is 12.8 Å². The van der Waals surface area contributed by atoms with Gasteiger partial charge in [0, 0.05) is 12.6 Å². The molecule has 1 N–H and O–H groups in total. The topological polar surface area (TPSA) is 68.3 Å². The van der Waals surface area contributed by atoms with E-state index in [1.807, 2.05) is 6.92 Å². The molecule has 0 aromatic carbocycles. The maximum absolute atomic E-state index is 12.0. The molecule has 5 nitrogen and oxygen atoms in total. The van der Waals surface area contributed by atoms with Crippen LogP contribution in [0.3, 0.4) is 0 Å². The van der Waals surface area contributed by atoms with E-state index in [-0.39, 0.29) is 5.91 Å². The first-order valence-corrected chi connectivity index (χ1v) is 6.05. The molecule has 94 valence electrons. The minimum Gasteiger partial charge on any atom is -0.461 e. The van der Waals surface area contributed by atoms with Crippen LogP contribution in [0.1, 0.15) is 25.5 Å². The number of furan rings is 1. The van der Waals surface area contributed by atoms with Crippen molar-refractivity contribution in [3.8, 4) is 11.5 Å². The third-order valence-electron chi connectivity index (χ3n) is 3.29. The van der Waals surface area contributed by atoms with Crippen molar-refractivity contribution in [3.63, 3.8) is 0 Å². The predicted octanol–water partition coefficient (Wildman–Crippen LogP) is 2.10. The maximum atomic E-state index is 12.0. The molecule has 0 unspecified atom stereocenters. The number of rotatable bonds is 4. The Morgan fingerprint density at radius 3 is 2.94 bits per heavy atom. The quantitative estimate of drug-likeness (QED) is 0.897. The number of nitrogens with one attached hydrogen (secondary N) is 1. The standard InChI is InChI=1S/C13H14N2O3/c1-2-14-12(16)13(5-6-13)11-8-10(18-15-11)9-4-3-7-17-9/h3-4,7-8H,2,5-6H2,1H3,(H,14,16). The Morgan fingerprint density at radius 1 is 1.50 bits per heavy atom. The van der Waals surface area contributed by atoms with Gasteiger partial charge in [0.05, 0.1) is 17.4 Å². The molecule has 2 aromatic rings. The van der Waals surface area contributed by atoms with Crippen LogP contribution in [0.25, 0.3) is 11.5 Å². The van der Waals surface area contributed by atoms with Gasteiger partial charge in [-0.1, -0.05) is 5.16 Å². The van der Waals surface area contributed by atoms with Crippen molar-refractivity contribution in [2.45, 2.75) is 25.2 Å². The lowest BCUT2D eigenvalue weighted by Crippen LogP contribution is -2.34. The number of likely N-dealkylation sites (N-methyl/N-ethyl adjacent to an activating group) is 1. The number of aromatic nitrogens is 1. The van der Waals surface area contributed by atoms with E-state index in [0.29, 0.717) is 23.8 Å². The molecule has 1 fully saturated rings. The van der Waals surface area contributed by atoms with Crippen molar-refractivity contribution >= 4 is 5.91 Å². The molecular formula is C13H14N2O3. The molecule has 0 bridgehead atoms. The third-order valence-corrected chi connectivity index (χ3v) is 3.29. The van der Waals surface area contributed by atoms with Crippen molar-refractivity contribution < 1.29 is 13.7 Å². The lowest BCUT2D eigenvalue weighted by molar-refractivity contribution is -0.123. The smallest absolute Gasteiger partial charge is 0.232 e. The average molecular weight is 246 g/mol. The summed E-state index contributed by atoms with van der Waals surface area (Å²) in [6.07, 6.45) is 3.22. The van der Waals surface area contributed by atoms with Crippen molar-refractivity contribution in [3.05, 3.63) is 30.2 Å². The molecule has 0 aliphatic heterocycles. The van der Waals surface area contributed by atoms with Gasteiger partial charge in [-0.15, -0.1) is 0 Å². The molecule has 5 heteroatoms. The zero-order valence-electron chi connectivity index (χ0n) is 10.1. The summed E-state index contributed by atoms with van der Waals surface area (Å²) in [6.45, 7) is 2.54. The van der Waals surface area contributed by atoms with Gasteiger partial charge in [0.1, 0.15) is 0 Å². The van der Waals surface area contributed by atoms with Gasteiger partial charge in [0.2, 0.25) is 11.7 Å². The molecule has 0 atom stereocenters. The van der Waals surface area contributed by atoms with Gasteiger partial charge >= 0.3 is 0 Å². The number of amides is 1. The highest BCUT2D eigenvalue weighted by Crippen LogP contribution is 2.48. The number of carbonyl (C=O) groups excluding carboxylic acids is 1. The molecule has 0 radical (unpaired) electrons. The Labute approximate surface area is 104 Å². The zero-order valence-corrected chi connectivity index (χ0v) is 10.1. The van der Waals surface area contributed by atoms with E-state index in [4.69, 9.17) is 8.94 Å². The number of hydrogen-bond donors (Lipinski definition) is 1. The SMILES string of the molecule is CCNC(=O)C1(c2cc(-c3ccco3)on2)CC1. The van der Waals surface area contributed by atoms with Gasteiger partial charge in [-0.3, -0.25) is 4.79 Å². The highest BCUT2D eigenvalue weighted by atomic mass is 16.5. The number of hydrogen-bond acceptors (Lipinski definition) is 4. The number of nitrogens with zero attached hydrogens (tertiary/aromatic N) is 1. The minimum absolute atomic E-state index is 0.0318. The molecule has 1 aliphatic carbocycles. The normalized spacial score (nSPS) is 16.5. The Morgan fingerprint density at radius 2 is 2.33 bits per heavy atom. The number of carbonyl (C=O) groups is 1. The van der Waals surface area contributed by atoms with Crippen LogP contribution in [-0.4, -0.2) is 17.6 Å². The van der Waals surface area contributed by atoms with Crippen LogP contribution in [0.4, 0.5) is 0 Å². The molecule has 1 saturated carbocycles. The summed E-state index contributed by atoms with van der Waals surface area (Å²) >= 11 is 0. The van der Waals surface area contributed by atoms with Gasteiger partial charge in [-0.25, -0.2) is 0 Å². The maximum Gasteiger partial charge on any atom is 0.232 e. The van der Waals surface area contributed by atoms with E-state index in [1.54, 1.807) is 24.5 Å². The first-order valence-electron chi connectivity index (χ1n) is 6.05. The van der Waals surface area contributed by atoms with Gasteiger partial charge in [-0.2, -0.15) is 0 Å². The third kappa shape index (κ3) is 1.63. The molecule has 18 heavy (non-hydrogen) atoms. The molecule has 0 spiro atoms. The molecule has 1 amide bonds. The Bertz CT molecular complexity index is 553. The minimum atomic E-state index is -0.482. The van der Waals surface area contributed by atoms with Gasteiger partial charge < -0.3 is 14.3 Å². The van der Waals surface area contributed by atoms with E-state index in [9.17, 15) is 4.79 Å². The summed E-state index contributed by atoms with van der Waals surface area (Å²) in [5.74, 6) is 1.22. The molecule has 2 heterocycles. The lowest BCUT2D eigenvalue weighted by atomic mass is 10.0. The summed E-state index contributed by atoms with van der Waals surface area (Å²) in [7, 11) is 0. The summed E-state index contributed by atoms with van der Waals surface area (Å²) < 4.78 is 10.5. The van der Waals surface area contributed by atoms with Crippen molar-refractivity contribution in [1.82, 2.24) is 10.5 Å². The highest BCUT2D eigenvalue weighted by molar-refractivity contribution is 5.90. The van der Waals surface area contributed by atoms with Crippen LogP contribution in [0, 0.1) is 0 Å². The Balaban J connectivity index is 1.88. The summed E-state index contributed by atoms with van der Waals surface area (Å²) in [5.41, 5.74) is 0.213. The van der Waals surface area contributed by atoms with Crippen molar-refractivity contribution in [1.29, 1.82) is 0 Å². The van der Waals surface area contributed by atoms with E-state index < -0.39 is 5.41 Å². The average Bonchev–Trinajstić information content (AvgIpc) is 2.83.